The van der Waals surface area contributed by atoms with Gasteiger partial charge in [0, 0.05) is 47.5 Å². The van der Waals surface area contributed by atoms with Crippen molar-refractivity contribution < 1.29 is 9.18 Å². The highest BCUT2D eigenvalue weighted by molar-refractivity contribution is 5.95. The number of rotatable bonds is 3. The summed E-state index contributed by atoms with van der Waals surface area (Å²) in [5.41, 5.74) is 8.21. The predicted molar refractivity (Wildman–Crippen MR) is 93.4 cm³/mol. The third-order valence-electron chi connectivity index (χ3n) is 4.92. The molecule has 0 atom stereocenters. The molecule has 1 amide bonds. The Morgan fingerprint density at radius 3 is 2.92 bits per heavy atom. The monoisotopic (exact) mass is 341 g/mol. The number of aromatic amines is 1. The van der Waals surface area contributed by atoms with E-state index in [9.17, 15) is 9.18 Å². The minimum absolute atomic E-state index is 0.00521. The molecule has 1 aliphatic heterocycles. The van der Waals surface area contributed by atoms with Crippen molar-refractivity contribution in [2.75, 3.05) is 19.6 Å². The summed E-state index contributed by atoms with van der Waals surface area (Å²) in [6.45, 7) is 1.49. The largest absolute Gasteiger partial charge is 0.360 e. The molecule has 1 fully saturated rings. The van der Waals surface area contributed by atoms with Gasteiger partial charge >= 0.3 is 0 Å². The molecule has 2 aromatic heterocycles. The Morgan fingerprint density at radius 1 is 1.36 bits per heavy atom. The van der Waals surface area contributed by atoms with Gasteiger partial charge in [0.25, 0.3) is 0 Å². The number of hydrogen-bond acceptors (Lipinski definition) is 3. The van der Waals surface area contributed by atoms with Gasteiger partial charge in [-0.25, -0.2) is 4.39 Å². The molecule has 0 spiro atoms. The number of hydrogen-bond donors (Lipinski definition) is 2. The van der Waals surface area contributed by atoms with E-state index in [0.29, 0.717) is 13.1 Å². The number of aromatic nitrogens is 3. The highest BCUT2D eigenvalue weighted by Crippen LogP contribution is 2.30. The van der Waals surface area contributed by atoms with Crippen molar-refractivity contribution >= 4 is 16.8 Å². The maximum Gasteiger partial charge on any atom is 0.236 e. The molecule has 0 bridgehead atoms. The molecule has 3 heterocycles. The van der Waals surface area contributed by atoms with Crippen LogP contribution in [0.2, 0.25) is 0 Å². The molecule has 7 heteroatoms. The number of H-pyrrole nitrogens is 1. The van der Waals surface area contributed by atoms with Gasteiger partial charge in [-0.3, -0.25) is 9.48 Å². The quantitative estimate of drug-likeness (QED) is 0.767. The molecule has 1 aliphatic rings. The van der Waals surface area contributed by atoms with Gasteiger partial charge in [0.2, 0.25) is 5.91 Å². The van der Waals surface area contributed by atoms with Crippen molar-refractivity contribution in [3.63, 3.8) is 0 Å². The Morgan fingerprint density at radius 2 is 2.16 bits per heavy atom. The molecule has 0 radical (unpaired) electrons. The van der Waals surface area contributed by atoms with Gasteiger partial charge in [0.15, 0.2) is 0 Å². The first-order chi connectivity index (χ1) is 12.2. The maximum absolute atomic E-state index is 13.3. The van der Waals surface area contributed by atoms with Crippen LogP contribution in [0.15, 0.2) is 36.8 Å². The summed E-state index contributed by atoms with van der Waals surface area (Å²) in [5.74, 6) is -0.249. The summed E-state index contributed by atoms with van der Waals surface area (Å²) < 4.78 is 15.3. The third-order valence-corrected chi connectivity index (χ3v) is 4.92. The minimum atomic E-state index is -0.254. The van der Waals surface area contributed by atoms with Crippen LogP contribution in [0.3, 0.4) is 0 Å². The second kappa shape index (κ2) is 6.33. The van der Waals surface area contributed by atoms with Crippen LogP contribution in [0.5, 0.6) is 0 Å². The average Bonchev–Trinajstić information content (AvgIpc) is 3.27. The Bertz CT molecular complexity index is 907. The Labute approximate surface area is 144 Å². The number of halogens is 1. The van der Waals surface area contributed by atoms with Gasteiger partial charge in [-0.15, -0.1) is 0 Å². The summed E-state index contributed by atoms with van der Waals surface area (Å²) in [5, 5.41) is 5.49. The normalized spacial score (nSPS) is 15.8. The number of nitrogens with zero attached hydrogens (tertiary/aromatic N) is 3. The summed E-state index contributed by atoms with van der Waals surface area (Å²) in [7, 11) is 0. The standard InChI is InChI=1S/C18H20FN5O/c19-13-1-2-15-16(10-21-17(15)7-13)12-9-22-24(11-12)14-3-5-23(6-4-14)18(25)8-20/h1-2,7,9-11,14,21H,3-6,8,20H2. The molecule has 3 aromatic rings. The van der Waals surface area contributed by atoms with E-state index in [-0.39, 0.29) is 24.3 Å². The predicted octanol–water partition coefficient (Wildman–Crippen LogP) is 2.29. The van der Waals surface area contributed by atoms with E-state index in [0.717, 1.165) is 34.9 Å². The van der Waals surface area contributed by atoms with Gasteiger partial charge in [-0.05, 0) is 31.0 Å². The van der Waals surface area contributed by atoms with Crippen molar-refractivity contribution in [1.82, 2.24) is 19.7 Å². The van der Waals surface area contributed by atoms with E-state index in [1.807, 2.05) is 28.2 Å². The topological polar surface area (TPSA) is 79.9 Å². The van der Waals surface area contributed by atoms with Gasteiger partial charge in [0.1, 0.15) is 5.82 Å². The molecular weight excluding hydrogens is 321 g/mol. The van der Waals surface area contributed by atoms with Crippen LogP contribution >= 0.6 is 0 Å². The smallest absolute Gasteiger partial charge is 0.236 e. The number of amides is 1. The molecule has 25 heavy (non-hydrogen) atoms. The second-order valence-corrected chi connectivity index (χ2v) is 6.42. The minimum Gasteiger partial charge on any atom is -0.360 e. The van der Waals surface area contributed by atoms with Crippen LogP contribution in [-0.4, -0.2) is 45.2 Å². The van der Waals surface area contributed by atoms with Crippen molar-refractivity contribution in [2.24, 2.45) is 5.73 Å². The lowest BCUT2D eigenvalue weighted by Crippen LogP contribution is -2.42. The highest BCUT2D eigenvalue weighted by Gasteiger charge is 2.23. The second-order valence-electron chi connectivity index (χ2n) is 6.42. The zero-order valence-corrected chi connectivity index (χ0v) is 13.8. The molecule has 3 N–H and O–H groups in total. The summed E-state index contributed by atoms with van der Waals surface area (Å²) in [6, 6.07) is 5.02. The molecule has 1 aromatic carbocycles. The third kappa shape index (κ3) is 2.91. The molecular formula is C18H20FN5O. The number of fused-ring (bicyclic) bond motifs is 1. The number of nitrogens with one attached hydrogen (secondary N) is 1. The van der Waals surface area contributed by atoms with E-state index in [2.05, 4.69) is 10.1 Å². The Balaban J connectivity index is 1.53. The summed E-state index contributed by atoms with van der Waals surface area (Å²) in [4.78, 5) is 16.6. The van der Waals surface area contributed by atoms with Crippen LogP contribution in [0.1, 0.15) is 18.9 Å². The van der Waals surface area contributed by atoms with Gasteiger partial charge in [0.05, 0.1) is 18.8 Å². The van der Waals surface area contributed by atoms with E-state index in [1.54, 1.807) is 6.07 Å². The molecule has 1 saturated heterocycles. The van der Waals surface area contributed by atoms with Crippen molar-refractivity contribution in [3.8, 4) is 11.1 Å². The maximum atomic E-state index is 13.3. The lowest BCUT2D eigenvalue weighted by atomic mass is 10.0. The fraction of sp³-hybridized carbons (Fsp3) is 0.333. The van der Waals surface area contributed by atoms with Crippen molar-refractivity contribution in [3.05, 3.63) is 42.6 Å². The lowest BCUT2D eigenvalue weighted by molar-refractivity contribution is -0.130. The highest BCUT2D eigenvalue weighted by atomic mass is 19.1. The first kappa shape index (κ1) is 15.8. The van der Waals surface area contributed by atoms with Crippen LogP contribution in [0, 0.1) is 5.82 Å². The van der Waals surface area contributed by atoms with Crippen molar-refractivity contribution in [1.29, 1.82) is 0 Å². The number of carbonyl (C=O) groups excluding carboxylic acids is 1. The van der Waals surface area contributed by atoms with Crippen LogP contribution in [-0.2, 0) is 4.79 Å². The number of piperidine rings is 1. The Hall–Kier alpha value is -2.67. The van der Waals surface area contributed by atoms with Crippen molar-refractivity contribution in [2.45, 2.75) is 18.9 Å². The molecule has 6 nitrogen and oxygen atoms in total. The number of benzene rings is 1. The van der Waals surface area contributed by atoms with Gasteiger partial charge < -0.3 is 15.6 Å². The van der Waals surface area contributed by atoms with Crippen LogP contribution in [0.25, 0.3) is 22.0 Å². The summed E-state index contributed by atoms with van der Waals surface area (Å²) >= 11 is 0. The zero-order chi connectivity index (χ0) is 17.4. The molecule has 0 unspecified atom stereocenters. The first-order valence-corrected chi connectivity index (χ1v) is 8.44. The fourth-order valence-electron chi connectivity index (χ4n) is 3.52. The molecule has 0 saturated carbocycles. The lowest BCUT2D eigenvalue weighted by Gasteiger charge is -2.31. The average molecular weight is 341 g/mol. The first-order valence-electron chi connectivity index (χ1n) is 8.44. The molecule has 4 rings (SSSR count). The summed E-state index contributed by atoms with van der Waals surface area (Å²) in [6.07, 6.45) is 7.48. The molecule has 130 valence electrons. The Kier molecular flexibility index (Phi) is 4.01. The number of nitrogens with two attached hydrogens (primary N) is 1. The molecule has 0 aliphatic carbocycles. The van der Waals surface area contributed by atoms with Gasteiger partial charge in [-0.2, -0.15) is 5.10 Å². The van der Waals surface area contributed by atoms with E-state index < -0.39 is 0 Å². The van der Waals surface area contributed by atoms with E-state index >= 15 is 0 Å². The van der Waals surface area contributed by atoms with Crippen LogP contribution in [0.4, 0.5) is 4.39 Å². The van der Waals surface area contributed by atoms with Crippen LogP contribution < -0.4 is 5.73 Å². The van der Waals surface area contributed by atoms with E-state index in [4.69, 9.17) is 5.73 Å². The zero-order valence-electron chi connectivity index (χ0n) is 13.8. The SMILES string of the molecule is NCC(=O)N1CCC(n2cc(-c3c[nH]c4cc(F)ccc34)cn2)CC1. The van der Waals surface area contributed by atoms with Gasteiger partial charge in [-0.1, -0.05) is 0 Å². The number of carbonyl (C=O) groups is 1. The van der Waals surface area contributed by atoms with E-state index in [1.165, 1.54) is 12.1 Å². The number of likely N-dealkylation sites (tertiary alicyclic amines) is 1. The fourth-order valence-corrected chi connectivity index (χ4v) is 3.52.